The van der Waals surface area contributed by atoms with Crippen molar-refractivity contribution in [3.63, 3.8) is 0 Å². The molecule has 1 aromatic carbocycles. The van der Waals surface area contributed by atoms with E-state index in [-0.39, 0.29) is 0 Å². The van der Waals surface area contributed by atoms with Gasteiger partial charge in [-0.3, -0.25) is 0 Å². The van der Waals surface area contributed by atoms with Gasteiger partial charge in [-0.05, 0) is 37.5 Å². The van der Waals surface area contributed by atoms with E-state index in [1.165, 1.54) is 11.3 Å². The van der Waals surface area contributed by atoms with Gasteiger partial charge >= 0.3 is 0 Å². The predicted molar refractivity (Wildman–Crippen MR) is 63.9 cm³/mol. The summed E-state index contributed by atoms with van der Waals surface area (Å²) in [6.45, 7) is 3.12. The Balaban J connectivity index is 2.40. The molecule has 0 spiro atoms. The smallest absolute Gasteiger partial charge is 0.0621 e. The minimum Gasteiger partial charge on any atom is -0.375 e. The summed E-state index contributed by atoms with van der Waals surface area (Å²) >= 11 is 0. The van der Waals surface area contributed by atoms with Crippen LogP contribution in [0.5, 0.6) is 0 Å². The predicted octanol–water partition coefficient (Wildman–Crippen LogP) is 3.13. The lowest BCUT2D eigenvalue weighted by atomic mass is 10.2. The Hall–Kier alpha value is -1.49. The zero-order valence-corrected chi connectivity index (χ0v) is 9.53. The number of nitrogens with zero attached hydrogens (tertiary/aromatic N) is 2. The molecule has 80 valence electrons. The maximum absolute atomic E-state index is 8.42. The van der Waals surface area contributed by atoms with Gasteiger partial charge in [-0.1, -0.05) is 12.1 Å². The highest BCUT2D eigenvalue weighted by Crippen LogP contribution is 2.14. The van der Waals surface area contributed by atoms with Gasteiger partial charge in [-0.15, -0.1) is 0 Å². The van der Waals surface area contributed by atoms with Crippen LogP contribution in [0.25, 0.3) is 0 Å². The quantitative estimate of drug-likeness (QED) is 0.686. The topological polar surface area (TPSA) is 27.0 Å². The highest BCUT2D eigenvalue weighted by molar-refractivity contribution is 5.47. The van der Waals surface area contributed by atoms with Crippen LogP contribution in [0.15, 0.2) is 24.3 Å². The molecule has 1 aromatic rings. The van der Waals surface area contributed by atoms with Gasteiger partial charge in [0.15, 0.2) is 0 Å². The Morgan fingerprint density at radius 2 is 2.13 bits per heavy atom. The average Bonchev–Trinajstić information content (AvgIpc) is 2.24. The summed E-state index contributed by atoms with van der Waals surface area (Å²) < 4.78 is 0. The summed E-state index contributed by atoms with van der Waals surface area (Å²) in [5.41, 5.74) is 2.54. The number of nitriles is 1. The fourth-order valence-corrected chi connectivity index (χ4v) is 1.55. The number of hydrogen-bond acceptors (Lipinski definition) is 2. The van der Waals surface area contributed by atoms with Gasteiger partial charge in [0.05, 0.1) is 6.07 Å². The fraction of sp³-hybridized carbons (Fsp3) is 0.462. The Morgan fingerprint density at radius 3 is 2.80 bits per heavy atom. The van der Waals surface area contributed by atoms with Crippen molar-refractivity contribution in [3.05, 3.63) is 29.8 Å². The summed E-state index contributed by atoms with van der Waals surface area (Å²) in [5, 5.41) is 8.42. The number of aryl methyl sites for hydroxylation is 1. The monoisotopic (exact) mass is 202 g/mol. The van der Waals surface area contributed by atoms with Crippen molar-refractivity contribution in [2.75, 3.05) is 18.5 Å². The Kier molecular flexibility index (Phi) is 4.70. The SMILES string of the molecule is Cc1cccc(N(C)CCCCC#N)c1. The molecule has 0 heterocycles. The zero-order chi connectivity index (χ0) is 11.1. The van der Waals surface area contributed by atoms with E-state index in [4.69, 9.17) is 5.26 Å². The molecule has 1 rings (SSSR count). The van der Waals surface area contributed by atoms with Crippen molar-refractivity contribution in [1.82, 2.24) is 0 Å². The van der Waals surface area contributed by atoms with Crippen LogP contribution >= 0.6 is 0 Å². The van der Waals surface area contributed by atoms with Crippen molar-refractivity contribution >= 4 is 5.69 Å². The molecule has 0 aliphatic carbocycles. The Bertz CT molecular complexity index is 339. The summed E-state index contributed by atoms with van der Waals surface area (Å²) in [7, 11) is 2.10. The van der Waals surface area contributed by atoms with Crippen molar-refractivity contribution in [1.29, 1.82) is 5.26 Å². The van der Waals surface area contributed by atoms with Crippen LogP contribution in [0.3, 0.4) is 0 Å². The van der Waals surface area contributed by atoms with E-state index in [1.807, 2.05) is 0 Å². The third-order valence-corrected chi connectivity index (χ3v) is 2.47. The van der Waals surface area contributed by atoms with Crippen molar-refractivity contribution in [2.24, 2.45) is 0 Å². The molecule has 0 fully saturated rings. The number of unbranched alkanes of at least 4 members (excludes halogenated alkanes) is 2. The number of hydrogen-bond donors (Lipinski definition) is 0. The van der Waals surface area contributed by atoms with E-state index in [2.05, 4.69) is 49.2 Å². The van der Waals surface area contributed by atoms with Gasteiger partial charge in [-0.25, -0.2) is 0 Å². The van der Waals surface area contributed by atoms with E-state index >= 15 is 0 Å². The molecular weight excluding hydrogens is 184 g/mol. The zero-order valence-electron chi connectivity index (χ0n) is 9.53. The lowest BCUT2D eigenvalue weighted by Gasteiger charge is -2.19. The number of rotatable bonds is 5. The number of anilines is 1. The third kappa shape index (κ3) is 4.03. The highest BCUT2D eigenvalue weighted by atomic mass is 15.1. The minimum atomic E-state index is 0.668. The first-order valence-corrected chi connectivity index (χ1v) is 5.39. The molecule has 0 aliphatic heterocycles. The molecule has 0 N–H and O–H groups in total. The molecular formula is C13H18N2. The summed E-state index contributed by atoms with van der Waals surface area (Å²) in [6, 6.07) is 10.7. The highest BCUT2D eigenvalue weighted by Gasteiger charge is 1.99. The van der Waals surface area contributed by atoms with E-state index < -0.39 is 0 Å². The molecule has 2 nitrogen and oxygen atoms in total. The molecule has 0 radical (unpaired) electrons. The van der Waals surface area contributed by atoms with Crippen LogP contribution in [0, 0.1) is 18.3 Å². The largest absolute Gasteiger partial charge is 0.375 e. The van der Waals surface area contributed by atoms with E-state index in [0.29, 0.717) is 6.42 Å². The van der Waals surface area contributed by atoms with Crippen LogP contribution in [-0.4, -0.2) is 13.6 Å². The Morgan fingerprint density at radius 1 is 1.33 bits per heavy atom. The standard InChI is InChI=1S/C13H18N2/c1-12-7-6-8-13(11-12)15(2)10-5-3-4-9-14/h6-8,11H,3-5,10H2,1-2H3. The Labute approximate surface area is 92.1 Å². The fourth-order valence-electron chi connectivity index (χ4n) is 1.55. The molecule has 0 atom stereocenters. The first-order chi connectivity index (χ1) is 7.24. The molecule has 0 amide bonds. The lowest BCUT2D eigenvalue weighted by molar-refractivity contribution is 0.734. The second-order valence-electron chi connectivity index (χ2n) is 3.88. The van der Waals surface area contributed by atoms with Gasteiger partial charge in [0.1, 0.15) is 0 Å². The molecule has 0 aromatic heterocycles. The normalized spacial score (nSPS) is 9.67. The summed E-state index contributed by atoms with van der Waals surface area (Å²) in [6.07, 6.45) is 2.74. The first kappa shape index (κ1) is 11.6. The van der Waals surface area contributed by atoms with Gasteiger partial charge in [0, 0.05) is 25.7 Å². The maximum atomic E-state index is 8.42. The van der Waals surface area contributed by atoms with Crippen molar-refractivity contribution in [2.45, 2.75) is 26.2 Å². The molecule has 0 saturated carbocycles. The molecule has 0 unspecified atom stereocenters. The lowest BCUT2D eigenvalue weighted by Crippen LogP contribution is -2.18. The molecule has 0 aliphatic rings. The third-order valence-electron chi connectivity index (χ3n) is 2.47. The van der Waals surface area contributed by atoms with Gasteiger partial charge in [-0.2, -0.15) is 5.26 Å². The van der Waals surface area contributed by atoms with Gasteiger partial charge < -0.3 is 4.90 Å². The second-order valence-corrected chi connectivity index (χ2v) is 3.88. The second kappa shape index (κ2) is 6.08. The van der Waals surface area contributed by atoms with Crippen molar-refractivity contribution in [3.8, 4) is 6.07 Å². The van der Waals surface area contributed by atoms with E-state index in [9.17, 15) is 0 Å². The van der Waals surface area contributed by atoms with Crippen LogP contribution < -0.4 is 4.90 Å². The van der Waals surface area contributed by atoms with E-state index in [1.54, 1.807) is 0 Å². The molecule has 2 heteroatoms. The van der Waals surface area contributed by atoms with Gasteiger partial charge in [0.2, 0.25) is 0 Å². The number of benzene rings is 1. The summed E-state index contributed by atoms with van der Waals surface area (Å²) in [5.74, 6) is 0. The first-order valence-electron chi connectivity index (χ1n) is 5.39. The summed E-state index contributed by atoms with van der Waals surface area (Å²) in [4.78, 5) is 2.24. The average molecular weight is 202 g/mol. The van der Waals surface area contributed by atoms with Crippen LogP contribution in [0.2, 0.25) is 0 Å². The van der Waals surface area contributed by atoms with Crippen LogP contribution in [0.1, 0.15) is 24.8 Å². The van der Waals surface area contributed by atoms with Crippen LogP contribution in [-0.2, 0) is 0 Å². The molecule has 0 saturated heterocycles. The van der Waals surface area contributed by atoms with Gasteiger partial charge in [0.25, 0.3) is 0 Å². The van der Waals surface area contributed by atoms with E-state index in [0.717, 1.165) is 19.4 Å². The van der Waals surface area contributed by atoms with Crippen molar-refractivity contribution < 1.29 is 0 Å². The molecule has 15 heavy (non-hydrogen) atoms. The minimum absolute atomic E-state index is 0.668. The van der Waals surface area contributed by atoms with Crippen LogP contribution in [0.4, 0.5) is 5.69 Å². The maximum Gasteiger partial charge on any atom is 0.0621 e. The molecule has 0 bridgehead atoms.